The van der Waals surface area contributed by atoms with Crippen molar-refractivity contribution in [1.29, 1.82) is 0 Å². The molecule has 1 aliphatic rings. The quantitative estimate of drug-likeness (QED) is 0.867. The molecule has 3 N–H and O–H groups in total. The maximum absolute atomic E-state index is 11.5. The maximum Gasteiger partial charge on any atom is 0.225 e. The highest BCUT2D eigenvalue weighted by Crippen LogP contribution is 2.20. The van der Waals surface area contributed by atoms with Crippen molar-refractivity contribution in [2.75, 3.05) is 18.4 Å². The Hall–Kier alpha value is -1.39. The van der Waals surface area contributed by atoms with Crippen LogP contribution >= 0.6 is 0 Å². The minimum Gasteiger partial charge on any atom is -0.330 e. The molecule has 0 spiro atoms. The van der Waals surface area contributed by atoms with Gasteiger partial charge >= 0.3 is 0 Å². The number of hydrogen-bond donors (Lipinski definition) is 2. The largest absolute Gasteiger partial charge is 0.330 e. The van der Waals surface area contributed by atoms with Crippen LogP contribution in [0.2, 0.25) is 0 Å². The molecule has 110 valence electrons. The van der Waals surface area contributed by atoms with E-state index in [1.54, 1.807) is 0 Å². The number of carbonyl (C=O) groups excluding carboxylic acids is 1. The Labute approximate surface area is 121 Å². The Bertz CT molecular complexity index is 430. The van der Waals surface area contributed by atoms with E-state index >= 15 is 0 Å². The van der Waals surface area contributed by atoms with E-state index in [0.717, 1.165) is 12.2 Å². The summed E-state index contributed by atoms with van der Waals surface area (Å²) in [7, 11) is 0. The van der Waals surface area contributed by atoms with Crippen LogP contribution in [0.5, 0.6) is 0 Å². The Morgan fingerprint density at radius 1 is 1.35 bits per heavy atom. The zero-order chi connectivity index (χ0) is 14.4. The lowest BCUT2D eigenvalue weighted by molar-refractivity contribution is -0.116. The van der Waals surface area contributed by atoms with E-state index < -0.39 is 0 Å². The summed E-state index contributed by atoms with van der Waals surface area (Å²) in [5, 5.41) is 2.85. The van der Waals surface area contributed by atoms with E-state index in [1.807, 2.05) is 12.1 Å². The van der Waals surface area contributed by atoms with Crippen molar-refractivity contribution >= 4 is 11.6 Å². The molecule has 1 unspecified atom stereocenters. The molecule has 1 amide bonds. The van der Waals surface area contributed by atoms with Crippen molar-refractivity contribution < 1.29 is 4.79 Å². The van der Waals surface area contributed by atoms with Gasteiger partial charge in [-0.15, -0.1) is 0 Å². The van der Waals surface area contributed by atoms with Gasteiger partial charge in [-0.3, -0.25) is 9.69 Å². The van der Waals surface area contributed by atoms with Crippen molar-refractivity contribution in [1.82, 2.24) is 4.90 Å². The van der Waals surface area contributed by atoms with Crippen LogP contribution in [-0.2, 0) is 11.3 Å². The number of hydrogen-bond acceptors (Lipinski definition) is 3. The van der Waals surface area contributed by atoms with Crippen LogP contribution in [0.25, 0.3) is 0 Å². The molecule has 20 heavy (non-hydrogen) atoms. The third-order valence-corrected chi connectivity index (χ3v) is 3.94. The summed E-state index contributed by atoms with van der Waals surface area (Å²) in [6, 6.07) is 8.81. The van der Waals surface area contributed by atoms with Gasteiger partial charge in [-0.05, 0) is 44.0 Å². The van der Waals surface area contributed by atoms with Crippen molar-refractivity contribution in [3.05, 3.63) is 29.8 Å². The van der Waals surface area contributed by atoms with Gasteiger partial charge in [-0.25, -0.2) is 0 Å². The highest BCUT2D eigenvalue weighted by molar-refractivity contribution is 5.90. The minimum absolute atomic E-state index is 0.0232. The van der Waals surface area contributed by atoms with Crippen LogP contribution in [0, 0.1) is 0 Å². The fraction of sp³-hybridized carbons (Fsp3) is 0.562. The molecule has 1 aliphatic heterocycles. The SMILES string of the molecule is CC1CCCCN1Cc1ccc(NC(=O)CCN)cc1. The van der Waals surface area contributed by atoms with E-state index in [1.165, 1.54) is 31.4 Å². The topological polar surface area (TPSA) is 58.4 Å². The van der Waals surface area contributed by atoms with E-state index in [-0.39, 0.29) is 5.91 Å². The van der Waals surface area contributed by atoms with E-state index in [2.05, 4.69) is 29.3 Å². The Balaban J connectivity index is 1.89. The zero-order valence-corrected chi connectivity index (χ0v) is 12.3. The lowest BCUT2D eigenvalue weighted by Crippen LogP contribution is -2.36. The molecule has 0 aliphatic carbocycles. The zero-order valence-electron chi connectivity index (χ0n) is 12.3. The molecule has 0 radical (unpaired) electrons. The van der Waals surface area contributed by atoms with Crippen molar-refractivity contribution in [2.45, 2.75) is 45.2 Å². The minimum atomic E-state index is -0.0232. The van der Waals surface area contributed by atoms with Crippen molar-refractivity contribution in [2.24, 2.45) is 5.73 Å². The third-order valence-electron chi connectivity index (χ3n) is 3.94. The molecule has 1 aromatic carbocycles. The number of rotatable bonds is 5. The molecule has 1 heterocycles. The lowest BCUT2D eigenvalue weighted by atomic mass is 10.0. The number of benzene rings is 1. The average Bonchev–Trinajstić information content (AvgIpc) is 2.44. The molecule has 4 heteroatoms. The predicted octanol–water partition coefficient (Wildman–Crippen LogP) is 2.35. The van der Waals surface area contributed by atoms with Crippen molar-refractivity contribution in [3.63, 3.8) is 0 Å². The second-order valence-corrected chi connectivity index (χ2v) is 5.60. The van der Waals surface area contributed by atoms with E-state index in [9.17, 15) is 4.79 Å². The molecule has 0 saturated carbocycles. The number of nitrogens with two attached hydrogens (primary N) is 1. The van der Waals surface area contributed by atoms with Crippen LogP contribution in [0.4, 0.5) is 5.69 Å². The molecule has 1 saturated heterocycles. The molecule has 1 fully saturated rings. The van der Waals surface area contributed by atoms with Gasteiger partial charge in [-0.1, -0.05) is 18.6 Å². The van der Waals surface area contributed by atoms with Gasteiger partial charge in [-0.2, -0.15) is 0 Å². The van der Waals surface area contributed by atoms with Gasteiger partial charge in [0.25, 0.3) is 0 Å². The summed E-state index contributed by atoms with van der Waals surface area (Å²) in [4.78, 5) is 14.0. The number of anilines is 1. The summed E-state index contributed by atoms with van der Waals surface area (Å²) in [5.41, 5.74) is 7.51. The summed E-state index contributed by atoms with van der Waals surface area (Å²) < 4.78 is 0. The number of piperidine rings is 1. The maximum atomic E-state index is 11.5. The number of carbonyl (C=O) groups is 1. The van der Waals surface area contributed by atoms with Gasteiger partial charge in [0, 0.05) is 31.2 Å². The summed E-state index contributed by atoms with van der Waals surface area (Å²) in [5.74, 6) is -0.0232. The average molecular weight is 275 g/mol. The van der Waals surface area contributed by atoms with Crippen molar-refractivity contribution in [3.8, 4) is 0 Å². The van der Waals surface area contributed by atoms with Gasteiger partial charge < -0.3 is 11.1 Å². The monoisotopic (exact) mass is 275 g/mol. The summed E-state index contributed by atoms with van der Waals surface area (Å²) in [6.07, 6.45) is 4.32. The highest BCUT2D eigenvalue weighted by atomic mass is 16.1. The number of amides is 1. The van der Waals surface area contributed by atoms with Crippen LogP contribution in [0.1, 0.15) is 38.2 Å². The number of nitrogens with one attached hydrogen (secondary N) is 1. The Kier molecular flexibility index (Phi) is 5.56. The van der Waals surface area contributed by atoms with Crippen LogP contribution in [0.3, 0.4) is 0 Å². The van der Waals surface area contributed by atoms with Crippen LogP contribution in [-0.4, -0.2) is 29.9 Å². The standard InChI is InChI=1S/C16H25N3O/c1-13-4-2-3-11-19(13)12-14-5-7-15(8-6-14)18-16(20)9-10-17/h5-8,13H,2-4,9-12,17H2,1H3,(H,18,20). The molecular weight excluding hydrogens is 250 g/mol. The Morgan fingerprint density at radius 2 is 2.10 bits per heavy atom. The van der Waals surface area contributed by atoms with E-state index in [0.29, 0.717) is 19.0 Å². The number of nitrogens with zero attached hydrogens (tertiary/aromatic N) is 1. The summed E-state index contributed by atoms with van der Waals surface area (Å²) in [6.45, 7) is 4.88. The van der Waals surface area contributed by atoms with Gasteiger partial charge in [0.2, 0.25) is 5.91 Å². The van der Waals surface area contributed by atoms with Gasteiger partial charge in [0.05, 0.1) is 0 Å². The van der Waals surface area contributed by atoms with Gasteiger partial charge in [0.1, 0.15) is 0 Å². The molecule has 1 aromatic rings. The molecule has 2 rings (SSSR count). The first-order valence-electron chi connectivity index (χ1n) is 7.52. The summed E-state index contributed by atoms with van der Waals surface area (Å²) >= 11 is 0. The second kappa shape index (κ2) is 7.41. The Morgan fingerprint density at radius 3 is 2.75 bits per heavy atom. The fourth-order valence-electron chi connectivity index (χ4n) is 2.68. The number of likely N-dealkylation sites (tertiary alicyclic amines) is 1. The second-order valence-electron chi connectivity index (χ2n) is 5.60. The lowest BCUT2D eigenvalue weighted by Gasteiger charge is -2.33. The molecular formula is C16H25N3O. The first-order chi connectivity index (χ1) is 9.69. The molecule has 4 nitrogen and oxygen atoms in total. The fourth-order valence-corrected chi connectivity index (χ4v) is 2.68. The van der Waals surface area contributed by atoms with Crippen LogP contribution in [0.15, 0.2) is 24.3 Å². The molecule has 0 aromatic heterocycles. The highest BCUT2D eigenvalue weighted by Gasteiger charge is 2.17. The van der Waals surface area contributed by atoms with Gasteiger partial charge in [0.15, 0.2) is 0 Å². The molecule has 1 atom stereocenters. The van der Waals surface area contributed by atoms with Crippen LogP contribution < -0.4 is 11.1 Å². The first kappa shape index (κ1) is 15.0. The predicted molar refractivity (Wildman–Crippen MR) is 82.5 cm³/mol. The smallest absolute Gasteiger partial charge is 0.225 e. The normalized spacial score (nSPS) is 19.8. The first-order valence-corrected chi connectivity index (χ1v) is 7.52. The molecule has 0 bridgehead atoms. The van der Waals surface area contributed by atoms with E-state index in [4.69, 9.17) is 5.73 Å². The third kappa shape index (κ3) is 4.32.